The predicted octanol–water partition coefficient (Wildman–Crippen LogP) is 4.49. The number of anilines is 1. The summed E-state index contributed by atoms with van der Waals surface area (Å²) in [7, 11) is 0. The van der Waals surface area contributed by atoms with Crippen molar-refractivity contribution < 1.29 is 27.5 Å². The second-order valence-electron chi connectivity index (χ2n) is 6.54. The second-order valence-corrected chi connectivity index (χ2v) is 7.49. The SMILES string of the molecule is CC(C)CN1C(=O)C(Nc2ccc(OC(F)(F)F)cc2)=C(c2cccs2)C1=O. The highest BCUT2D eigenvalue weighted by atomic mass is 32.1. The topological polar surface area (TPSA) is 58.6 Å². The van der Waals surface area contributed by atoms with Gasteiger partial charge < -0.3 is 10.1 Å². The Hall–Kier alpha value is -2.81. The molecule has 1 aromatic carbocycles. The highest BCUT2D eigenvalue weighted by molar-refractivity contribution is 7.11. The Labute approximate surface area is 163 Å². The quantitative estimate of drug-likeness (QED) is 0.713. The molecule has 3 rings (SSSR count). The van der Waals surface area contributed by atoms with Crippen molar-refractivity contribution in [3.05, 3.63) is 52.4 Å². The molecule has 5 nitrogen and oxygen atoms in total. The molecule has 0 aliphatic carbocycles. The van der Waals surface area contributed by atoms with Crippen LogP contribution in [0.2, 0.25) is 0 Å². The molecule has 0 saturated carbocycles. The third-order valence-electron chi connectivity index (χ3n) is 3.84. The van der Waals surface area contributed by atoms with E-state index in [-0.39, 0.29) is 35.4 Å². The molecule has 2 amide bonds. The van der Waals surface area contributed by atoms with Gasteiger partial charge in [-0.3, -0.25) is 14.5 Å². The van der Waals surface area contributed by atoms with Crippen molar-refractivity contribution >= 4 is 34.4 Å². The predicted molar refractivity (Wildman–Crippen MR) is 99.5 cm³/mol. The normalized spacial score (nSPS) is 15.0. The Morgan fingerprint density at radius 1 is 1.11 bits per heavy atom. The molecule has 28 heavy (non-hydrogen) atoms. The van der Waals surface area contributed by atoms with Crippen molar-refractivity contribution in [3.8, 4) is 5.75 Å². The van der Waals surface area contributed by atoms with Gasteiger partial charge in [-0.15, -0.1) is 24.5 Å². The Morgan fingerprint density at radius 2 is 1.79 bits per heavy atom. The first-order valence-electron chi connectivity index (χ1n) is 8.43. The lowest BCUT2D eigenvalue weighted by Gasteiger charge is -2.17. The van der Waals surface area contributed by atoms with Crippen LogP contribution in [0.3, 0.4) is 0 Å². The molecule has 1 aliphatic heterocycles. The van der Waals surface area contributed by atoms with Gasteiger partial charge in [-0.05, 0) is 41.6 Å². The maximum atomic E-state index is 12.8. The maximum Gasteiger partial charge on any atom is 0.573 e. The van der Waals surface area contributed by atoms with Gasteiger partial charge in [-0.2, -0.15) is 0 Å². The zero-order valence-corrected chi connectivity index (χ0v) is 15.9. The number of carbonyl (C=O) groups excluding carboxylic acids is 2. The van der Waals surface area contributed by atoms with E-state index < -0.39 is 12.3 Å². The first-order valence-corrected chi connectivity index (χ1v) is 9.31. The van der Waals surface area contributed by atoms with Crippen LogP contribution >= 0.6 is 11.3 Å². The molecule has 0 spiro atoms. The van der Waals surface area contributed by atoms with E-state index in [9.17, 15) is 22.8 Å². The van der Waals surface area contributed by atoms with Crippen molar-refractivity contribution in [3.63, 3.8) is 0 Å². The van der Waals surface area contributed by atoms with Crippen molar-refractivity contribution in [2.24, 2.45) is 5.92 Å². The molecule has 0 radical (unpaired) electrons. The fourth-order valence-electron chi connectivity index (χ4n) is 2.76. The number of imide groups is 1. The van der Waals surface area contributed by atoms with E-state index >= 15 is 0 Å². The Balaban J connectivity index is 1.90. The van der Waals surface area contributed by atoms with E-state index in [4.69, 9.17) is 0 Å². The Morgan fingerprint density at radius 3 is 2.32 bits per heavy atom. The summed E-state index contributed by atoms with van der Waals surface area (Å²) in [5, 5.41) is 4.69. The number of amides is 2. The number of halogens is 3. The molecule has 0 atom stereocenters. The first kappa shape index (κ1) is 19.9. The van der Waals surface area contributed by atoms with Crippen molar-refractivity contribution in [2.75, 3.05) is 11.9 Å². The molecule has 1 aliphatic rings. The molecule has 2 heterocycles. The number of alkyl halides is 3. The van der Waals surface area contributed by atoms with Crippen molar-refractivity contribution in [1.29, 1.82) is 0 Å². The molecular weight excluding hydrogens is 393 g/mol. The van der Waals surface area contributed by atoms with E-state index in [0.29, 0.717) is 10.6 Å². The van der Waals surface area contributed by atoms with Crippen LogP contribution in [-0.2, 0) is 9.59 Å². The largest absolute Gasteiger partial charge is 0.573 e. The van der Waals surface area contributed by atoms with Crippen LogP contribution in [0.5, 0.6) is 5.75 Å². The number of benzene rings is 1. The highest BCUT2D eigenvalue weighted by Crippen LogP contribution is 2.33. The third-order valence-corrected chi connectivity index (χ3v) is 4.73. The van der Waals surface area contributed by atoms with Crippen LogP contribution in [0.25, 0.3) is 5.57 Å². The molecule has 148 valence electrons. The first-order chi connectivity index (χ1) is 13.2. The Kier molecular flexibility index (Phi) is 5.46. The van der Waals surface area contributed by atoms with Gasteiger partial charge in [0.2, 0.25) is 0 Å². The standard InChI is InChI=1S/C19H17F3N2O3S/c1-11(2)10-24-17(25)15(14-4-3-9-28-14)16(18(24)26)23-12-5-7-13(8-6-12)27-19(20,21)22/h3-9,11,23H,10H2,1-2H3. The molecular formula is C19H17F3N2O3S. The maximum absolute atomic E-state index is 12.8. The van der Waals surface area contributed by atoms with Crippen LogP contribution in [-0.4, -0.2) is 29.6 Å². The third kappa shape index (κ3) is 4.36. The van der Waals surface area contributed by atoms with E-state index in [2.05, 4.69) is 10.1 Å². The molecule has 0 fully saturated rings. The van der Waals surface area contributed by atoms with Gasteiger partial charge in [0.05, 0.1) is 5.57 Å². The fraction of sp³-hybridized carbons (Fsp3) is 0.263. The molecule has 1 N–H and O–H groups in total. The zero-order chi connectivity index (χ0) is 20.5. The lowest BCUT2D eigenvalue weighted by atomic mass is 10.1. The average molecular weight is 410 g/mol. The Bertz CT molecular complexity index is 904. The number of rotatable bonds is 6. The summed E-state index contributed by atoms with van der Waals surface area (Å²) in [6, 6.07) is 8.48. The van der Waals surface area contributed by atoms with Gasteiger partial charge in [0.25, 0.3) is 11.8 Å². The number of hydrogen-bond donors (Lipinski definition) is 1. The van der Waals surface area contributed by atoms with Crippen LogP contribution in [0.15, 0.2) is 47.5 Å². The molecule has 0 unspecified atom stereocenters. The van der Waals surface area contributed by atoms with E-state index in [1.807, 2.05) is 13.8 Å². The van der Waals surface area contributed by atoms with Gasteiger partial charge in [0.1, 0.15) is 11.4 Å². The summed E-state index contributed by atoms with van der Waals surface area (Å²) in [6.45, 7) is 4.07. The second kappa shape index (κ2) is 7.67. The summed E-state index contributed by atoms with van der Waals surface area (Å²) < 4.78 is 40.7. The smallest absolute Gasteiger partial charge is 0.406 e. The van der Waals surface area contributed by atoms with Gasteiger partial charge in [-0.25, -0.2) is 0 Å². The summed E-state index contributed by atoms with van der Waals surface area (Å²) in [4.78, 5) is 27.5. The van der Waals surface area contributed by atoms with Gasteiger partial charge in [-0.1, -0.05) is 19.9 Å². The van der Waals surface area contributed by atoms with E-state index in [1.165, 1.54) is 28.4 Å². The van der Waals surface area contributed by atoms with E-state index in [0.717, 1.165) is 12.1 Å². The van der Waals surface area contributed by atoms with Gasteiger partial charge in [0.15, 0.2) is 0 Å². The van der Waals surface area contributed by atoms with Crippen molar-refractivity contribution in [1.82, 2.24) is 4.90 Å². The summed E-state index contributed by atoms with van der Waals surface area (Å²) >= 11 is 1.33. The minimum Gasteiger partial charge on any atom is -0.406 e. The lowest BCUT2D eigenvalue weighted by Crippen LogP contribution is -2.35. The summed E-state index contributed by atoms with van der Waals surface area (Å²) in [5.74, 6) is -1.13. The molecule has 1 aromatic heterocycles. The number of thiophene rings is 1. The summed E-state index contributed by atoms with van der Waals surface area (Å²) in [6.07, 6.45) is -4.78. The molecule has 0 saturated heterocycles. The van der Waals surface area contributed by atoms with Gasteiger partial charge in [0, 0.05) is 17.1 Å². The number of ether oxygens (including phenoxy) is 1. The van der Waals surface area contributed by atoms with Gasteiger partial charge >= 0.3 is 6.36 Å². The molecule has 0 bridgehead atoms. The summed E-state index contributed by atoms with van der Waals surface area (Å²) in [5.41, 5.74) is 0.736. The van der Waals surface area contributed by atoms with E-state index in [1.54, 1.807) is 17.5 Å². The molecule has 9 heteroatoms. The van der Waals surface area contributed by atoms with Crippen LogP contribution in [0, 0.1) is 5.92 Å². The number of carbonyl (C=O) groups is 2. The zero-order valence-electron chi connectivity index (χ0n) is 15.0. The number of nitrogens with zero attached hydrogens (tertiary/aromatic N) is 1. The number of nitrogens with one attached hydrogen (secondary N) is 1. The highest BCUT2D eigenvalue weighted by Gasteiger charge is 2.39. The minimum atomic E-state index is -4.78. The van der Waals surface area contributed by atoms with Crippen LogP contribution in [0.1, 0.15) is 18.7 Å². The minimum absolute atomic E-state index is 0.0932. The monoisotopic (exact) mass is 410 g/mol. The van der Waals surface area contributed by atoms with Crippen molar-refractivity contribution in [2.45, 2.75) is 20.2 Å². The fourth-order valence-corrected chi connectivity index (χ4v) is 3.52. The molecule has 2 aromatic rings. The van der Waals surface area contributed by atoms with Crippen LogP contribution in [0.4, 0.5) is 18.9 Å². The average Bonchev–Trinajstić information content (AvgIpc) is 3.18. The lowest BCUT2D eigenvalue weighted by molar-refractivity contribution is -0.274. The number of hydrogen-bond acceptors (Lipinski definition) is 5. The van der Waals surface area contributed by atoms with Crippen LogP contribution < -0.4 is 10.1 Å².